The maximum absolute atomic E-state index is 13.7. The number of sulfonamides is 1. The van der Waals surface area contributed by atoms with Crippen LogP contribution in [0.3, 0.4) is 0 Å². The molecule has 2 N–H and O–H groups in total. The third-order valence-electron chi connectivity index (χ3n) is 5.55. The average Bonchev–Trinajstić information content (AvgIpc) is 2.88. The molecule has 0 amide bonds. The topological polar surface area (TPSA) is 124 Å². The number of nitrogens with zero attached hydrogens (tertiary/aromatic N) is 3. The molecule has 9 nitrogen and oxygen atoms in total. The zero-order valence-corrected chi connectivity index (χ0v) is 21.3. The van der Waals surface area contributed by atoms with Crippen LogP contribution < -0.4 is 10.5 Å². The number of methoxy groups -OCH3 is 1. The Kier molecular flexibility index (Phi) is 7.40. The Balaban J connectivity index is 1.64. The van der Waals surface area contributed by atoms with Crippen LogP contribution in [0.1, 0.15) is 24.2 Å². The van der Waals surface area contributed by atoms with Gasteiger partial charge < -0.3 is 15.2 Å². The monoisotopic (exact) mass is 518 g/mol. The van der Waals surface area contributed by atoms with E-state index in [1.807, 2.05) is 42.5 Å². The number of aliphatic imine (C=N–C) groups is 2. The molecule has 0 aliphatic carbocycles. The Morgan fingerprint density at radius 2 is 1.59 bits per heavy atom. The molecule has 4 rings (SSSR count). The first-order chi connectivity index (χ1) is 17.7. The van der Waals surface area contributed by atoms with Crippen molar-refractivity contribution in [1.29, 1.82) is 0 Å². The van der Waals surface area contributed by atoms with Crippen molar-refractivity contribution in [2.75, 3.05) is 7.11 Å². The molecule has 0 spiro atoms. The molecule has 0 saturated carbocycles. The molecular weight excluding hydrogens is 492 g/mol. The number of rotatable bonds is 5. The Morgan fingerprint density at radius 1 is 0.973 bits per heavy atom. The highest BCUT2D eigenvalue weighted by molar-refractivity contribution is 7.89. The van der Waals surface area contributed by atoms with Gasteiger partial charge in [-0.05, 0) is 55.3 Å². The molecule has 1 atom stereocenters. The molecule has 3 aromatic rings. The predicted molar refractivity (Wildman–Crippen MR) is 142 cm³/mol. The van der Waals surface area contributed by atoms with Gasteiger partial charge in [-0.1, -0.05) is 54.6 Å². The van der Waals surface area contributed by atoms with Crippen molar-refractivity contribution < 1.29 is 22.7 Å². The van der Waals surface area contributed by atoms with Gasteiger partial charge in [0.2, 0.25) is 5.96 Å². The van der Waals surface area contributed by atoms with Crippen molar-refractivity contribution in [3.05, 3.63) is 96.2 Å². The number of hydrogen-bond donors (Lipinski definition) is 1. The molecule has 0 aromatic heterocycles. The third kappa shape index (κ3) is 5.54. The lowest BCUT2D eigenvalue weighted by molar-refractivity contribution is 0.0596. The van der Waals surface area contributed by atoms with Crippen molar-refractivity contribution in [2.45, 2.75) is 24.8 Å². The molecule has 0 saturated heterocycles. The SMILES string of the molecule is COC(=O)c1ccccc1S(=O)(=O)N1C(N=C(N)Oc2ccc(-c3ccccc3)cc2)=NC(C)=CC1C. The first kappa shape index (κ1) is 25.6. The number of carbonyl (C=O) groups excluding carboxylic acids is 1. The van der Waals surface area contributed by atoms with E-state index in [9.17, 15) is 13.2 Å². The fourth-order valence-corrected chi connectivity index (χ4v) is 5.60. The molecule has 1 unspecified atom stereocenters. The van der Waals surface area contributed by atoms with E-state index >= 15 is 0 Å². The van der Waals surface area contributed by atoms with E-state index in [-0.39, 0.29) is 22.4 Å². The second-order valence-corrected chi connectivity index (χ2v) is 9.97. The van der Waals surface area contributed by atoms with Crippen LogP contribution in [-0.2, 0) is 14.8 Å². The van der Waals surface area contributed by atoms with Gasteiger partial charge in [0.25, 0.3) is 16.0 Å². The van der Waals surface area contributed by atoms with E-state index in [1.165, 1.54) is 25.3 Å². The molecule has 0 radical (unpaired) electrons. The zero-order valence-electron chi connectivity index (χ0n) is 20.5. The number of benzene rings is 3. The molecule has 0 fully saturated rings. The van der Waals surface area contributed by atoms with Gasteiger partial charge in [-0.2, -0.15) is 4.99 Å². The van der Waals surface area contributed by atoms with E-state index in [4.69, 9.17) is 15.2 Å². The first-order valence-electron chi connectivity index (χ1n) is 11.4. The molecule has 190 valence electrons. The van der Waals surface area contributed by atoms with Crippen molar-refractivity contribution in [1.82, 2.24) is 4.31 Å². The summed E-state index contributed by atoms with van der Waals surface area (Å²) in [5, 5.41) is 0. The highest BCUT2D eigenvalue weighted by atomic mass is 32.2. The van der Waals surface area contributed by atoms with E-state index in [0.29, 0.717) is 11.4 Å². The summed E-state index contributed by atoms with van der Waals surface area (Å²) in [6.07, 6.45) is 1.66. The molecule has 1 aliphatic rings. The second-order valence-electron chi connectivity index (χ2n) is 8.19. The first-order valence-corrected chi connectivity index (χ1v) is 12.8. The average molecular weight is 519 g/mol. The van der Waals surface area contributed by atoms with Gasteiger partial charge in [0.05, 0.1) is 18.7 Å². The van der Waals surface area contributed by atoms with Crippen molar-refractivity contribution >= 4 is 28.0 Å². The zero-order chi connectivity index (χ0) is 26.6. The van der Waals surface area contributed by atoms with Gasteiger partial charge >= 0.3 is 5.97 Å². The summed E-state index contributed by atoms with van der Waals surface area (Å²) >= 11 is 0. The van der Waals surface area contributed by atoms with Gasteiger partial charge in [0.15, 0.2) is 0 Å². The third-order valence-corrected chi connectivity index (χ3v) is 7.47. The Hall–Kier alpha value is -4.44. The van der Waals surface area contributed by atoms with Crippen LogP contribution in [0.15, 0.2) is 106 Å². The summed E-state index contributed by atoms with van der Waals surface area (Å²) in [4.78, 5) is 20.5. The van der Waals surface area contributed by atoms with E-state index < -0.39 is 22.0 Å². The van der Waals surface area contributed by atoms with Gasteiger partial charge in [0, 0.05) is 5.70 Å². The number of nitrogens with two attached hydrogens (primary N) is 1. The van der Waals surface area contributed by atoms with Crippen molar-refractivity contribution in [2.24, 2.45) is 15.7 Å². The largest absolute Gasteiger partial charge is 0.465 e. The minimum absolute atomic E-state index is 0.102. The molecule has 10 heteroatoms. The van der Waals surface area contributed by atoms with Crippen LogP contribution in [0.5, 0.6) is 5.75 Å². The Bertz CT molecular complexity index is 1500. The lowest BCUT2D eigenvalue weighted by atomic mass is 10.1. The quantitative estimate of drug-likeness (QED) is 0.307. The maximum atomic E-state index is 13.7. The number of ether oxygens (including phenoxy) is 2. The van der Waals surface area contributed by atoms with Gasteiger partial charge in [-0.3, -0.25) is 0 Å². The Labute approximate surface area is 215 Å². The molecule has 1 heterocycles. The maximum Gasteiger partial charge on any atom is 0.339 e. The van der Waals surface area contributed by atoms with E-state index in [0.717, 1.165) is 15.4 Å². The van der Waals surface area contributed by atoms with Crippen molar-refractivity contribution in [3.63, 3.8) is 0 Å². The van der Waals surface area contributed by atoms with Crippen LogP contribution in [0, 0.1) is 0 Å². The van der Waals surface area contributed by atoms with E-state index in [2.05, 4.69) is 9.98 Å². The number of amidine groups is 1. The van der Waals surface area contributed by atoms with E-state index in [1.54, 1.807) is 38.1 Å². The summed E-state index contributed by atoms with van der Waals surface area (Å²) in [6.45, 7) is 3.39. The van der Waals surface area contributed by atoms with Gasteiger partial charge in [0.1, 0.15) is 10.6 Å². The van der Waals surface area contributed by atoms with Crippen LogP contribution in [0.2, 0.25) is 0 Å². The number of esters is 1. The second kappa shape index (κ2) is 10.7. The lowest BCUT2D eigenvalue weighted by Crippen LogP contribution is -2.44. The molecule has 3 aromatic carbocycles. The van der Waals surface area contributed by atoms with Crippen molar-refractivity contribution in [3.8, 4) is 16.9 Å². The predicted octanol–water partition coefficient (Wildman–Crippen LogP) is 4.19. The number of hydrogen-bond acceptors (Lipinski definition) is 7. The molecule has 37 heavy (non-hydrogen) atoms. The lowest BCUT2D eigenvalue weighted by Gasteiger charge is -2.30. The summed E-state index contributed by atoms with van der Waals surface area (Å²) in [5.74, 6) is -0.548. The summed E-state index contributed by atoms with van der Waals surface area (Å²) in [7, 11) is -3.10. The Morgan fingerprint density at radius 3 is 2.27 bits per heavy atom. The molecular formula is C27H26N4O5S. The standard InChI is InChI=1S/C27H26N4O5S/c1-18-17-19(2)31(37(33,34)24-12-8-7-11-23(24)25(32)35-3)27(29-18)30-26(28)36-22-15-13-21(14-16-22)20-9-5-4-6-10-20/h4-17,19H,1-3H3,(H2,28,29,30). The summed E-state index contributed by atoms with van der Waals surface area (Å²) in [5.41, 5.74) is 8.55. The summed E-state index contributed by atoms with van der Waals surface area (Å²) in [6, 6.07) is 21.9. The van der Waals surface area contributed by atoms with Crippen LogP contribution in [0.25, 0.3) is 11.1 Å². The number of guanidine groups is 1. The minimum atomic E-state index is -4.29. The smallest absolute Gasteiger partial charge is 0.339 e. The number of allylic oxidation sites excluding steroid dienone is 1. The summed E-state index contributed by atoms with van der Waals surface area (Å²) < 4.78 is 38.9. The van der Waals surface area contributed by atoms with Crippen LogP contribution in [0.4, 0.5) is 0 Å². The fraction of sp³-hybridized carbons (Fsp3) is 0.148. The van der Waals surface area contributed by atoms with Crippen LogP contribution in [-0.4, -0.2) is 43.8 Å². The number of carbonyl (C=O) groups is 1. The molecule has 0 bridgehead atoms. The fourth-order valence-electron chi connectivity index (χ4n) is 3.91. The highest BCUT2D eigenvalue weighted by Crippen LogP contribution is 2.27. The molecule has 1 aliphatic heterocycles. The van der Waals surface area contributed by atoms with Crippen LogP contribution >= 0.6 is 0 Å². The van der Waals surface area contributed by atoms with Gasteiger partial charge in [-0.25, -0.2) is 22.5 Å². The van der Waals surface area contributed by atoms with Gasteiger partial charge in [-0.15, -0.1) is 0 Å². The minimum Gasteiger partial charge on any atom is -0.465 e. The normalized spacial score (nSPS) is 16.0. The highest BCUT2D eigenvalue weighted by Gasteiger charge is 2.36.